The number of piperidine rings is 1. The van der Waals surface area contributed by atoms with Gasteiger partial charge in [-0.3, -0.25) is 9.59 Å². The quantitative estimate of drug-likeness (QED) is 0.284. The van der Waals surface area contributed by atoms with Crippen LogP contribution in [0.25, 0.3) is 10.9 Å². The van der Waals surface area contributed by atoms with Crippen molar-refractivity contribution in [2.75, 3.05) is 18.0 Å². The number of benzene rings is 1. The van der Waals surface area contributed by atoms with Crippen LogP contribution >= 0.6 is 0 Å². The van der Waals surface area contributed by atoms with E-state index in [-0.39, 0.29) is 41.2 Å². The summed E-state index contributed by atoms with van der Waals surface area (Å²) in [6, 6.07) is 2.73. The van der Waals surface area contributed by atoms with E-state index >= 15 is 4.39 Å². The first kappa shape index (κ1) is 37.1. The molecule has 2 heterocycles. The molecule has 2 aromatic rings. The summed E-state index contributed by atoms with van der Waals surface area (Å²) >= 11 is 0. The number of hydrogen-bond acceptors (Lipinski definition) is 9. The van der Waals surface area contributed by atoms with E-state index in [1.165, 1.54) is 6.20 Å². The molecule has 1 aromatic heterocycles. The summed E-state index contributed by atoms with van der Waals surface area (Å²) in [6.07, 6.45) is 4.19. The van der Waals surface area contributed by atoms with E-state index in [1.54, 1.807) is 21.6 Å². The van der Waals surface area contributed by atoms with Gasteiger partial charge in [0, 0.05) is 66.7 Å². The van der Waals surface area contributed by atoms with Gasteiger partial charge in [0.2, 0.25) is 5.43 Å². The number of aliphatic hydroxyl groups excluding tert-OH is 1. The van der Waals surface area contributed by atoms with Crippen LogP contribution in [0.1, 0.15) is 102 Å². The Morgan fingerprint density at radius 3 is 2.34 bits per heavy atom. The summed E-state index contributed by atoms with van der Waals surface area (Å²) < 4.78 is 28.9. The number of aliphatic hydroxyl groups is 1. The van der Waals surface area contributed by atoms with Crippen LogP contribution in [0.3, 0.4) is 0 Å². The molecule has 5 aliphatic rings. The van der Waals surface area contributed by atoms with Gasteiger partial charge in [-0.2, -0.15) is 0 Å². The second-order valence-corrected chi connectivity index (χ2v) is 16.8. The van der Waals surface area contributed by atoms with Crippen LogP contribution in [-0.2, 0) is 14.3 Å². The van der Waals surface area contributed by atoms with E-state index in [4.69, 9.17) is 9.47 Å². The molecule has 53 heavy (non-hydrogen) atoms. The maximum Gasteiger partial charge on any atom is 0.416 e. The van der Waals surface area contributed by atoms with Crippen molar-refractivity contribution in [3.05, 3.63) is 52.6 Å². The Kier molecular flexibility index (Phi) is 9.26. The number of pyridine rings is 1. The number of nitrogens with zero attached hydrogens (tertiary/aromatic N) is 2. The third-order valence-corrected chi connectivity index (χ3v) is 14.1. The van der Waals surface area contributed by atoms with Crippen molar-refractivity contribution in [2.45, 2.75) is 110 Å². The van der Waals surface area contributed by atoms with Crippen LogP contribution < -0.4 is 15.6 Å². The van der Waals surface area contributed by atoms with E-state index in [0.29, 0.717) is 44.3 Å². The number of carboxylic acid groups (broad SMARTS) is 1. The fourth-order valence-corrected chi connectivity index (χ4v) is 10.5. The normalized spacial score (nSPS) is 34.5. The minimum Gasteiger partial charge on any atom is -0.477 e. The van der Waals surface area contributed by atoms with Gasteiger partial charge < -0.3 is 29.2 Å². The zero-order valence-corrected chi connectivity index (χ0v) is 30.9. The second-order valence-electron chi connectivity index (χ2n) is 16.8. The molecule has 0 unspecified atom stereocenters. The number of Topliss-reactive ketones (excluding diaryl/α,β-unsaturated/α-hetero) is 1. The van der Waals surface area contributed by atoms with Crippen molar-refractivity contribution in [1.29, 1.82) is 0 Å². The van der Waals surface area contributed by atoms with Gasteiger partial charge in [0.05, 0.1) is 17.3 Å². The lowest BCUT2D eigenvalue weighted by atomic mass is 9.44. The van der Waals surface area contributed by atoms with Gasteiger partial charge in [0.25, 0.3) is 0 Å². The summed E-state index contributed by atoms with van der Waals surface area (Å²) in [7, 11) is 0. The summed E-state index contributed by atoms with van der Waals surface area (Å²) in [5.41, 5.74) is -2.37. The van der Waals surface area contributed by atoms with Gasteiger partial charge >= 0.3 is 18.2 Å². The monoisotopic (exact) mass is 735 g/mol. The Morgan fingerprint density at radius 2 is 1.70 bits per heavy atom. The molecular formula is C40H50FN3O9. The van der Waals surface area contributed by atoms with E-state index in [2.05, 4.69) is 18.8 Å². The second kappa shape index (κ2) is 13.2. The molecule has 5 fully saturated rings. The summed E-state index contributed by atoms with van der Waals surface area (Å²) in [5, 5.41) is 23.5. The van der Waals surface area contributed by atoms with Gasteiger partial charge in [-0.15, -0.1) is 6.58 Å². The molecule has 2 bridgehead atoms. The van der Waals surface area contributed by atoms with Gasteiger partial charge in [0.1, 0.15) is 29.4 Å². The van der Waals surface area contributed by atoms with Crippen LogP contribution in [0.5, 0.6) is 0 Å². The molecule has 4 saturated carbocycles. The fraction of sp³-hybridized carbons (Fsp3) is 0.625. The zero-order chi connectivity index (χ0) is 38.2. The number of rotatable bonds is 6. The van der Waals surface area contributed by atoms with Crippen molar-refractivity contribution >= 4 is 40.5 Å². The number of aromatic nitrogens is 1. The zero-order valence-electron chi connectivity index (χ0n) is 30.9. The number of amides is 2. The van der Waals surface area contributed by atoms with Crippen LogP contribution in [0.15, 0.2) is 35.8 Å². The van der Waals surface area contributed by atoms with Crippen LogP contribution in [-0.4, -0.2) is 70.1 Å². The molecule has 3 N–H and O–H groups in total. The molecule has 1 aromatic carbocycles. The average molecular weight is 736 g/mol. The molecule has 0 radical (unpaired) electrons. The Morgan fingerprint density at radius 1 is 1.02 bits per heavy atom. The summed E-state index contributed by atoms with van der Waals surface area (Å²) in [6.45, 7) is 12.7. The molecule has 286 valence electrons. The van der Waals surface area contributed by atoms with Crippen molar-refractivity contribution in [3.8, 4) is 0 Å². The van der Waals surface area contributed by atoms with Gasteiger partial charge in [-0.1, -0.05) is 33.8 Å². The number of carbonyl (C=O) groups excluding carboxylic acids is 3. The topological polar surface area (TPSA) is 164 Å². The molecule has 1 aliphatic heterocycles. The van der Waals surface area contributed by atoms with Crippen LogP contribution in [0, 0.1) is 39.8 Å². The first-order chi connectivity index (χ1) is 25.0. The minimum atomic E-state index is -1.36. The third-order valence-electron chi connectivity index (χ3n) is 14.1. The molecule has 13 heteroatoms. The summed E-state index contributed by atoms with van der Waals surface area (Å²) in [4.78, 5) is 66.5. The number of fused-ring (bicyclic) bond motifs is 1. The van der Waals surface area contributed by atoms with Crippen LogP contribution in [0.2, 0.25) is 0 Å². The molecule has 2 amide bonds. The van der Waals surface area contributed by atoms with Gasteiger partial charge in [-0.05, 0) is 67.9 Å². The predicted octanol–water partition coefficient (Wildman–Crippen LogP) is 6.37. The first-order valence-corrected chi connectivity index (χ1v) is 18.9. The number of anilines is 1. The summed E-state index contributed by atoms with van der Waals surface area (Å²) in [5.74, 6) is -2.41. The Bertz CT molecular complexity index is 1940. The van der Waals surface area contributed by atoms with E-state index in [9.17, 15) is 34.2 Å². The maximum atomic E-state index is 15.5. The lowest BCUT2D eigenvalue weighted by molar-refractivity contribution is -0.191. The number of carbonyl (C=O) groups is 4. The van der Waals surface area contributed by atoms with E-state index in [1.807, 2.05) is 20.8 Å². The lowest BCUT2D eigenvalue weighted by Gasteiger charge is -2.61. The van der Waals surface area contributed by atoms with Crippen molar-refractivity contribution in [3.63, 3.8) is 0 Å². The number of hydrogen-bond donors (Lipinski definition) is 3. The molecule has 8 atom stereocenters. The highest BCUT2D eigenvalue weighted by Crippen LogP contribution is 2.68. The SMILES string of the molecule is C=C[C@]1(C)C[C@@H](OC(=O)NC(=O)OC2CCN(c3cc4c(cc3F)c(=O)c(C(=O)O)cn4C3CC3)CC2)[C@]2(C)[C@H](C)CC[C@]3(CCC(=O)[C@H]32)[C@@H](C)[C@@H]1O. The highest BCUT2D eigenvalue weighted by molar-refractivity contribution is 5.94. The smallest absolute Gasteiger partial charge is 0.416 e. The number of nitrogens with one attached hydrogen (secondary N) is 1. The Labute approximate surface area is 307 Å². The molecule has 4 aliphatic carbocycles. The largest absolute Gasteiger partial charge is 0.477 e. The third kappa shape index (κ3) is 6.03. The van der Waals surface area contributed by atoms with Crippen molar-refractivity contribution < 1.29 is 43.3 Å². The average Bonchev–Trinajstić information content (AvgIpc) is 3.90. The van der Waals surface area contributed by atoms with Gasteiger partial charge in [0.15, 0.2) is 0 Å². The van der Waals surface area contributed by atoms with E-state index < -0.39 is 75.4 Å². The number of aromatic carboxylic acids is 1. The highest BCUT2D eigenvalue weighted by atomic mass is 19.1. The van der Waals surface area contributed by atoms with Gasteiger partial charge in [-0.25, -0.2) is 24.1 Å². The number of carboxylic acids is 1. The fourth-order valence-electron chi connectivity index (χ4n) is 10.5. The first-order valence-electron chi connectivity index (χ1n) is 18.9. The number of imide groups is 1. The molecule has 1 saturated heterocycles. The maximum absolute atomic E-state index is 15.5. The number of halogens is 1. The Balaban J connectivity index is 1.03. The standard InChI is InChI=1S/C40H50FN3O9/c1-6-38(4)19-31(39(5)21(2)9-13-40(22(3)34(38)47)14-10-30(45)33(39)40)53-37(51)42-36(50)52-24-11-15-43(16-12-24)29-18-28-25(17-27(29)41)32(46)26(35(48)49)20-44(28)23-7-8-23/h6,17-18,20-24,31,33-34,47H,1,7-16,19H2,2-5H3,(H,48,49)(H,42,50,51)/t21-,22+,31-,33+,34+,38-,39+,40+/m1/s1. The minimum absolute atomic E-state index is 0.0141. The predicted molar refractivity (Wildman–Crippen MR) is 193 cm³/mol. The van der Waals surface area contributed by atoms with Crippen LogP contribution in [0.4, 0.5) is 19.7 Å². The van der Waals surface area contributed by atoms with Crippen molar-refractivity contribution in [2.24, 2.45) is 34.0 Å². The highest BCUT2D eigenvalue weighted by Gasteiger charge is 2.68. The number of ether oxygens (including phenoxy) is 2. The van der Waals surface area contributed by atoms with E-state index in [0.717, 1.165) is 31.7 Å². The molecule has 12 nitrogen and oxygen atoms in total. The number of ketones is 1. The van der Waals surface area contributed by atoms with Crippen molar-refractivity contribution in [1.82, 2.24) is 9.88 Å². The molecule has 0 spiro atoms. The molecular weight excluding hydrogens is 685 g/mol. The molecule has 7 rings (SSSR count). The lowest BCUT2D eigenvalue weighted by Crippen LogP contribution is -2.63. The Hall–Kier alpha value is -4.26. The number of alkyl carbamates (subject to hydrolysis) is 2.